The third kappa shape index (κ3) is 3.62. The highest BCUT2D eigenvalue weighted by atomic mass is 16.5. The first-order valence-corrected chi connectivity index (χ1v) is 8.80. The maximum atomic E-state index is 5.84. The molecule has 7 nitrogen and oxygen atoms in total. The van der Waals surface area contributed by atoms with Gasteiger partial charge in [0, 0.05) is 31.5 Å². The van der Waals surface area contributed by atoms with Crippen molar-refractivity contribution in [2.24, 2.45) is 5.92 Å². The van der Waals surface area contributed by atoms with Crippen molar-refractivity contribution in [2.75, 3.05) is 6.61 Å². The van der Waals surface area contributed by atoms with E-state index in [0.717, 1.165) is 29.8 Å². The zero-order valence-electron chi connectivity index (χ0n) is 15.0. The van der Waals surface area contributed by atoms with Crippen molar-refractivity contribution in [1.29, 1.82) is 0 Å². The number of hydrogen-bond donors (Lipinski definition) is 0. The first-order chi connectivity index (χ1) is 12.7. The highest BCUT2D eigenvalue weighted by molar-refractivity contribution is 5.35. The zero-order chi connectivity index (χ0) is 17.9. The summed E-state index contributed by atoms with van der Waals surface area (Å²) < 4.78 is 19.4. The molecule has 0 radical (unpaired) electrons. The summed E-state index contributed by atoms with van der Waals surface area (Å²) in [5.41, 5.74) is 2.23. The fourth-order valence-electron chi connectivity index (χ4n) is 3.18. The van der Waals surface area contributed by atoms with E-state index in [1.165, 1.54) is 0 Å². The van der Waals surface area contributed by atoms with E-state index in [1.807, 2.05) is 42.9 Å². The van der Waals surface area contributed by atoms with Gasteiger partial charge in [-0.2, -0.15) is 5.10 Å². The maximum absolute atomic E-state index is 5.84. The lowest BCUT2D eigenvalue weighted by Gasteiger charge is -2.14. The molecule has 0 amide bonds. The van der Waals surface area contributed by atoms with Crippen LogP contribution in [0.5, 0.6) is 5.75 Å². The molecule has 7 heteroatoms. The van der Waals surface area contributed by atoms with Crippen LogP contribution in [-0.2, 0) is 17.9 Å². The summed E-state index contributed by atoms with van der Waals surface area (Å²) in [5, 5.41) is 12.6. The van der Waals surface area contributed by atoms with Crippen LogP contribution in [0.1, 0.15) is 35.4 Å². The average molecular weight is 354 g/mol. The minimum atomic E-state index is -0.193. The molecule has 1 aliphatic rings. The monoisotopic (exact) mass is 354 g/mol. The number of aromatic nitrogens is 4. The molecule has 0 N–H and O–H groups in total. The fourth-order valence-corrected chi connectivity index (χ4v) is 3.18. The molecule has 0 saturated carbocycles. The van der Waals surface area contributed by atoms with E-state index in [-0.39, 0.29) is 18.6 Å². The normalized spacial score (nSPS) is 19.8. The molecule has 0 aliphatic carbocycles. The highest BCUT2D eigenvalue weighted by Crippen LogP contribution is 2.34. The molecule has 0 bridgehead atoms. The van der Waals surface area contributed by atoms with Gasteiger partial charge in [0.2, 0.25) is 5.89 Å². The predicted molar refractivity (Wildman–Crippen MR) is 93.6 cm³/mol. The van der Waals surface area contributed by atoms with Crippen molar-refractivity contribution >= 4 is 0 Å². The van der Waals surface area contributed by atoms with Crippen molar-refractivity contribution in [3.8, 4) is 5.75 Å². The van der Waals surface area contributed by atoms with Crippen LogP contribution in [0.4, 0.5) is 0 Å². The summed E-state index contributed by atoms with van der Waals surface area (Å²) in [7, 11) is 0. The van der Waals surface area contributed by atoms with E-state index < -0.39 is 0 Å². The molecular formula is C19H22N4O3. The summed E-state index contributed by atoms with van der Waals surface area (Å²) in [6, 6.07) is 8.02. The van der Waals surface area contributed by atoms with Crippen molar-refractivity contribution in [2.45, 2.75) is 39.5 Å². The van der Waals surface area contributed by atoms with Crippen LogP contribution in [0, 0.1) is 19.8 Å². The third-order valence-electron chi connectivity index (χ3n) is 4.62. The second-order valence-electron chi connectivity index (χ2n) is 6.66. The molecule has 0 unspecified atom stereocenters. The number of ether oxygens (including phenoxy) is 2. The van der Waals surface area contributed by atoms with Crippen LogP contribution in [0.15, 0.2) is 41.1 Å². The molecule has 136 valence electrons. The van der Waals surface area contributed by atoms with Crippen LogP contribution >= 0.6 is 0 Å². The van der Waals surface area contributed by atoms with Gasteiger partial charge in [-0.1, -0.05) is 12.1 Å². The molecule has 1 aromatic carbocycles. The second kappa shape index (κ2) is 7.29. The molecule has 2 atom stereocenters. The Bertz CT molecular complexity index is 860. The van der Waals surface area contributed by atoms with Gasteiger partial charge in [0.05, 0.1) is 0 Å². The van der Waals surface area contributed by atoms with Gasteiger partial charge in [-0.05, 0) is 43.5 Å². The van der Waals surface area contributed by atoms with E-state index in [2.05, 4.69) is 21.4 Å². The Morgan fingerprint density at radius 1 is 1.27 bits per heavy atom. The number of hydrogen-bond acceptors (Lipinski definition) is 6. The first kappa shape index (κ1) is 16.8. The molecule has 3 aromatic rings. The van der Waals surface area contributed by atoms with Gasteiger partial charge in [-0.3, -0.25) is 4.68 Å². The van der Waals surface area contributed by atoms with Crippen molar-refractivity contribution < 1.29 is 13.9 Å². The van der Waals surface area contributed by atoms with E-state index in [0.29, 0.717) is 18.4 Å². The Morgan fingerprint density at radius 3 is 3.04 bits per heavy atom. The van der Waals surface area contributed by atoms with E-state index in [1.54, 1.807) is 6.20 Å². The topological polar surface area (TPSA) is 75.2 Å². The Kier molecular flexibility index (Phi) is 4.71. The minimum Gasteiger partial charge on any atom is -0.484 e. The van der Waals surface area contributed by atoms with Gasteiger partial charge in [-0.25, -0.2) is 0 Å². The first-order valence-electron chi connectivity index (χ1n) is 8.80. The molecular weight excluding hydrogens is 332 g/mol. The summed E-state index contributed by atoms with van der Waals surface area (Å²) in [5.74, 6) is 2.06. The van der Waals surface area contributed by atoms with Gasteiger partial charge in [0.25, 0.3) is 5.89 Å². The standard InChI is InChI=1S/C19H22N4O3/c1-13-4-5-14(2)16(10-13)25-12-17-21-22-19(26-17)18-15(6-9-24-18)11-23-8-3-7-20-23/h3-5,7-8,10,15,18H,6,9,11-12H2,1-2H3/t15-,18-/m0/s1. The molecule has 1 saturated heterocycles. The lowest BCUT2D eigenvalue weighted by molar-refractivity contribution is 0.0608. The summed E-state index contributed by atoms with van der Waals surface area (Å²) in [4.78, 5) is 0. The lowest BCUT2D eigenvalue weighted by Crippen LogP contribution is -2.15. The van der Waals surface area contributed by atoms with Crippen LogP contribution < -0.4 is 4.74 Å². The summed E-state index contributed by atoms with van der Waals surface area (Å²) >= 11 is 0. The Hall–Kier alpha value is -2.67. The maximum Gasteiger partial charge on any atom is 0.254 e. The van der Waals surface area contributed by atoms with Gasteiger partial charge in [-0.15, -0.1) is 10.2 Å². The summed E-state index contributed by atoms with van der Waals surface area (Å²) in [6.45, 7) is 5.75. The predicted octanol–water partition coefficient (Wildman–Crippen LogP) is 3.24. The minimum absolute atomic E-state index is 0.193. The second-order valence-corrected chi connectivity index (χ2v) is 6.66. The quantitative estimate of drug-likeness (QED) is 0.676. The molecule has 26 heavy (non-hydrogen) atoms. The lowest BCUT2D eigenvalue weighted by atomic mass is 10.0. The van der Waals surface area contributed by atoms with Crippen LogP contribution in [0.25, 0.3) is 0 Å². The van der Waals surface area contributed by atoms with E-state index >= 15 is 0 Å². The van der Waals surface area contributed by atoms with Gasteiger partial charge in [0.1, 0.15) is 11.9 Å². The number of aryl methyl sites for hydroxylation is 2. The van der Waals surface area contributed by atoms with Gasteiger partial charge in [0.15, 0.2) is 6.61 Å². The molecule has 3 heterocycles. The SMILES string of the molecule is Cc1ccc(C)c(OCc2nnc([C@H]3OCC[C@H]3Cn3cccn3)o2)c1. The largest absolute Gasteiger partial charge is 0.484 e. The molecule has 2 aromatic heterocycles. The smallest absolute Gasteiger partial charge is 0.254 e. The highest BCUT2D eigenvalue weighted by Gasteiger charge is 2.34. The Balaban J connectivity index is 1.41. The van der Waals surface area contributed by atoms with Crippen LogP contribution in [0.2, 0.25) is 0 Å². The zero-order valence-corrected chi connectivity index (χ0v) is 15.0. The van der Waals surface area contributed by atoms with Crippen molar-refractivity contribution in [3.05, 3.63) is 59.6 Å². The number of benzene rings is 1. The molecule has 1 fully saturated rings. The molecule has 4 rings (SSSR count). The van der Waals surface area contributed by atoms with E-state index in [4.69, 9.17) is 13.9 Å². The van der Waals surface area contributed by atoms with Crippen LogP contribution in [-0.4, -0.2) is 26.6 Å². The third-order valence-corrected chi connectivity index (χ3v) is 4.62. The Labute approximate surface area is 151 Å². The Morgan fingerprint density at radius 2 is 2.19 bits per heavy atom. The fraction of sp³-hybridized carbons (Fsp3) is 0.421. The van der Waals surface area contributed by atoms with Crippen LogP contribution in [0.3, 0.4) is 0 Å². The summed E-state index contributed by atoms with van der Waals surface area (Å²) in [6.07, 6.45) is 4.48. The molecule has 1 aliphatic heterocycles. The average Bonchev–Trinajstić information content (AvgIpc) is 3.37. The van der Waals surface area contributed by atoms with E-state index in [9.17, 15) is 0 Å². The van der Waals surface area contributed by atoms with Crippen molar-refractivity contribution in [1.82, 2.24) is 20.0 Å². The molecule has 0 spiro atoms. The van der Waals surface area contributed by atoms with Gasteiger partial charge < -0.3 is 13.9 Å². The van der Waals surface area contributed by atoms with Gasteiger partial charge >= 0.3 is 0 Å². The number of nitrogens with zero attached hydrogens (tertiary/aromatic N) is 4. The van der Waals surface area contributed by atoms with Crippen molar-refractivity contribution in [3.63, 3.8) is 0 Å². The number of rotatable bonds is 6.